The molecule has 0 aromatic rings. The molecule has 7 nitrogen and oxygen atoms in total. The molecule has 2 rings (SSSR count). The van der Waals surface area contributed by atoms with Crippen LogP contribution >= 0.6 is 0 Å². The second-order valence-electron chi connectivity index (χ2n) is 6.53. The Morgan fingerprint density at radius 1 is 1.43 bits per heavy atom. The summed E-state index contributed by atoms with van der Waals surface area (Å²) in [6, 6.07) is 0. The minimum Gasteiger partial charge on any atom is -0.396 e. The van der Waals surface area contributed by atoms with Crippen LogP contribution in [0.25, 0.3) is 0 Å². The van der Waals surface area contributed by atoms with E-state index >= 15 is 0 Å². The van der Waals surface area contributed by atoms with E-state index in [4.69, 9.17) is 9.47 Å². The Kier molecular flexibility index (Phi) is 6.80. The van der Waals surface area contributed by atoms with Gasteiger partial charge in [-0.3, -0.25) is 9.59 Å². The molecule has 0 radical (unpaired) electrons. The van der Waals surface area contributed by atoms with Gasteiger partial charge in [0.2, 0.25) is 5.91 Å². The van der Waals surface area contributed by atoms with Crippen LogP contribution in [0.1, 0.15) is 32.1 Å². The van der Waals surface area contributed by atoms with Gasteiger partial charge < -0.3 is 24.8 Å². The predicted octanol–water partition coefficient (Wildman–Crippen LogP) is -0.0808. The van der Waals surface area contributed by atoms with E-state index in [0.717, 1.165) is 25.7 Å². The highest BCUT2D eigenvalue weighted by molar-refractivity contribution is 5.87. The van der Waals surface area contributed by atoms with Crippen LogP contribution in [0, 0.1) is 5.41 Å². The molecule has 1 unspecified atom stereocenters. The molecule has 7 heteroatoms. The molecule has 0 saturated carbocycles. The lowest BCUT2D eigenvalue weighted by Gasteiger charge is -2.35. The third kappa shape index (κ3) is 4.89. The molecular weight excluding hydrogens is 300 g/mol. The quantitative estimate of drug-likeness (QED) is 0.712. The number of aliphatic hydroxyl groups is 1. The van der Waals surface area contributed by atoms with Crippen LogP contribution in [-0.4, -0.2) is 74.5 Å². The molecular formula is C16H28N2O5. The zero-order valence-corrected chi connectivity index (χ0v) is 13.9. The van der Waals surface area contributed by atoms with Gasteiger partial charge in [-0.25, -0.2) is 0 Å². The topological polar surface area (TPSA) is 88.1 Å². The molecule has 2 N–H and O–H groups in total. The third-order valence-corrected chi connectivity index (χ3v) is 4.90. The Morgan fingerprint density at radius 3 is 2.83 bits per heavy atom. The van der Waals surface area contributed by atoms with Crippen molar-refractivity contribution < 1.29 is 24.2 Å². The van der Waals surface area contributed by atoms with Gasteiger partial charge in [-0.2, -0.15) is 0 Å². The molecule has 2 aliphatic rings. The van der Waals surface area contributed by atoms with Crippen molar-refractivity contribution >= 4 is 11.8 Å². The maximum atomic E-state index is 12.3. The number of hydrogen-bond acceptors (Lipinski definition) is 5. The lowest BCUT2D eigenvalue weighted by atomic mass is 9.81. The Balaban J connectivity index is 1.84. The van der Waals surface area contributed by atoms with Crippen LogP contribution in [0.2, 0.25) is 0 Å². The van der Waals surface area contributed by atoms with Gasteiger partial charge in [0.25, 0.3) is 5.91 Å². The Bertz CT molecular complexity index is 409. The summed E-state index contributed by atoms with van der Waals surface area (Å²) in [5, 5.41) is 12.5. The first-order valence-electron chi connectivity index (χ1n) is 8.37. The Hall–Kier alpha value is -1.18. The van der Waals surface area contributed by atoms with Gasteiger partial charge in [0.1, 0.15) is 6.10 Å². The van der Waals surface area contributed by atoms with Crippen molar-refractivity contribution in [1.82, 2.24) is 10.2 Å². The van der Waals surface area contributed by atoms with Gasteiger partial charge in [-0.1, -0.05) is 0 Å². The SMILES string of the molecule is COC1CCCCN(CC(=O)NCC2(CO)CCOCC2)C1=O. The highest BCUT2D eigenvalue weighted by Crippen LogP contribution is 2.28. The average molecular weight is 328 g/mol. The zero-order valence-electron chi connectivity index (χ0n) is 13.9. The predicted molar refractivity (Wildman–Crippen MR) is 83.8 cm³/mol. The first kappa shape index (κ1) is 18.2. The number of carbonyl (C=O) groups excluding carboxylic acids is 2. The van der Waals surface area contributed by atoms with Gasteiger partial charge in [0.15, 0.2) is 0 Å². The molecule has 2 saturated heterocycles. The van der Waals surface area contributed by atoms with Crippen molar-refractivity contribution in [3.8, 4) is 0 Å². The molecule has 23 heavy (non-hydrogen) atoms. The number of carbonyl (C=O) groups is 2. The number of nitrogens with one attached hydrogen (secondary N) is 1. The second-order valence-corrected chi connectivity index (χ2v) is 6.53. The van der Waals surface area contributed by atoms with Crippen LogP contribution in [0.3, 0.4) is 0 Å². The normalized spacial score (nSPS) is 25.0. The molecule has 2 fully saturated rings. The number of methoxy groups -OCH3 is 1. The number of ether oxygens (including phenoxy) is 2. The van der Waals surface area contributed by atoms with Crippen LogP contribution in [0.5, 0.6) is 0 Å². The molecule has 2 amide bonds. The highest BCUT2D eigenvalue weighted by Gasteiger charge is 2.33. The van der Waals surface area contributed by atoms with Gasteiger partial charge in [0.05, 0.1) is 13.2 Å². The van der Waals surface area contributed by atoms with Crippen LogP contribution in [0.15, 0.2) is 0 Å². The van der Waals surface area contributed by atoms with Crippen molar-refractivity contribution in [2.24, 2.45) is 5.41 Å². The largest absolute Gasteiger partial charge is 0.396 e. The molecule has 0 aliphatic carbocycles. The maximum Gasteiger partial charge on any atom is 0.252 e. The van der Waals surface area contributed by atoms with Crippen LogP contribution in [-0.2, 0) is 19.1 Å². The second kappa shape index (κ2) is 8.61. The summed E-state index contributed by atoms with van der Waals surface area (Å²) in [6.45, 7) is 2.31. The number of aliphatic hydroxyl groups excluding tert-OH is 1. The van der Waals surface area contributed by atoms with E-state index in [-0.39, 0.29) is 30.4 Å². The van der Waals surface area contributed by atoms with E-state index in [1.54, 1.807) is 4.90 Å². The fourth-order valence-electron chi connectivity index (χ4n) is 3.16. The van der Waals surface area contributed by atoms with E-state index in [1.165, 1.54) is 7.11 Å². The summed E-state index contributed by atoms with van der Waals surface area (Å²) in [5.41, 5.74) is -0.300. The highest BCUT2D eigenvalue weighted by atomic mass is 16.5. The molecule has 2 aliphatic heterocycles. The van der Waals surface area contributed by atoms with E-state index in [9.17, 15) is 14.7 Å². The van der Waals surface area contributed by atoms with Gasteiger partial charge in [0, 0.05) is 38.8 Å². The van der Waals surface area contributed by atoms with E-state index in [2.05, 4.69) is 5.32 Å². The minimum atomic E-state index is -0.440. The Morgan fingerprint density at radius 2 is 2.17 bits per heavy atom. The van der Waals surface area contributed by atoms with E-state index < -0.39 is 6.10 Å². The van der Waals surface area contributed by atoms with Crippen molar-refractivity contribution in [1.29, 1.82) is 0 Å². The summed E-state index contributed by atoms with van der Waals surface area (Å²) >= 11 is 0. The van der Waals surface area contributed by atoms with Gasteiger partial charge in [-0.15, -0.1) is 0 Å². The molecule has 0 aromatic heterocycles. The van der Waals surface area contributed by atoms with Crippen LogP contribution in [0.4, 0.5) is 0 Å². The molecule has 0 spiro atoms. The summed E-state index contributed by atoms with van der Waals surface area (Å²) in [7, 11) is 1.53. The van der Waals surface area contributed by atoms with Crippen LogP contribution < -0.4 is 5.32 Å². The molecule has 132 valence electrons. The summed E-state index contributed by atoms with van der Waals surface area (Å²) in [6.07, 6.45) is 3.55. The first-order valence-corrected chi connectivity index (χ1v) is 8.37. The monoisotopic (exact) mass is 328 g/mol. The van der Waals surface area contributed by atoms with Crippen molar-refractivity contribution in [2.75, 3.05) is 46.6 Å². The summed E-state index contributed by atoms with van der Waals surface area (Å²) in [4.78, 5) is 26.1. The van der Waals surface area contributed by atoms with Gasteiger partial charge in [-0.05, 0) is 32.1 Å². The van der Waals surface area contributed by atoms with Crippen molar-refractivity contribution in [3.63, 3.8) is 0 Å². The molecule has 2 heterocycles. The number of amides is 2. The number of nitrogens with zero attached hydrogens (tertiary/aromatic N) is 1. The standard InChI is InChI=1S/C16H28N2O5/c1-22-13-4-2-3-7-18(15(13)21)10-14(20)17-11-16(12-19)5-8-23-9-6-16/h13,19H,2-12H2,1H3,(H,17,20). The smallest absolute Gasteiger partial charge is 0.252 e. The summed E-state index contributed by atoms with van der Waals surface area (Å²) in [5.74, 6) is -0.294. The fraction of sp³-hybridized carbons (Fsp3) is 0.875. The molecule has 1 atom stereocenters. The minimum absolute atomic E-state index is 0.0328. The number of likely N-dealkylation sites (tertiary alicyclic amines) is 1. The van der Waals surface area contributed by atoms with Crippen molar-refractivity contribution in [2.45, 2.75) is 38.2 Å². The van der Waals surface area contributed by atoms with E-state index in [0.29, 0.717) is 32.7 Å². The van der Waals surface area contributed by atoms with Gasteiger partial charge >= 0.3 is 0 Å². The lowest BCUT2D eigenvalue weighted by molar-refractivity contribution is -0.144. The Labute approximate surface area is 137 Å². The number of hydrogen-bond donors (Lipinski definition) is 2. The fourth-order valence-corrected chi connectivity index (χ4v) is 3.16. The maximum absolute atomic E-state index is 12.3. The molecule has 0 aromatic carbocycles. The number of rotatable bonds is 6. The van der Waals surface area contributed by atoms with Crippen molar-refractivity contribution in [3.05, 3.63) is 0 Å². The average Bonchev–Trinajstić information content (AvgIpc) is 2.76. The first-order chi connectivity index (χ1) is 11.1. The molecule has 0 bridgehead atoms. The lowest BCUT2D eigenvalue weighted by Crippen LogP contribution is -2.48. The zero-order chi connectivity index (χ0) is 16.7. The van der Waals surface area contributed by atoms with E-state index in [1.807, 2.05) is 0 Å². The summed E-state index contributed by atoms with van der Waals surface area (Å²) < 4.78 is 10.5. The third-order valence-electron chi connectivity index (χ3n) is 4.90.